The molecule has 3 aromatic rings. The van der Waals surface area contributed by atoms with Gasteiger partial charge in [-0.25, -0.2) is 14.4 Å². The zero-order valence-electron chi connectivity index (χ0n) is 15.8. The number of halogens is 1. The van der Waals surface area contributed by atoms with Crippen LogP contribution in [0.25, 0.3) is 5.69 Å². The van der Waals surface area contributed by atoms with Crippen molar-refractivity contribution in [1.29, 1.82) is 0 Å². The average Bonchev–Trinajstić information content (AvgIpc) is 3.37. The predicted octanol–water partition coefficient (Wildman–Crippen LogP) is 3.03. The van der Waals surface area contributed by atoms with Crippen LogP contribution >= 0.6 is 22.9 Å². The second-order valence-corrected chi connectivity index (χ2v) is 8.06. The Bertz CT molecular complexity index is 1260. The average molecular weight is 445 g/mol. The maximum atomic E-state index is 12.6. The molecule has 1 aliphatic heterocycles. The van der Waals surface area contributed by atoms with E-state index in [1.807, 2.05) is 17.5 Å². The van der Waals surface area contributed by atoms with Crippen molar-refractivity contribution in [2.75, 3.05) is 0 Å². The van der Waals surface area contributed by atoms with Crippen LogP contribution in [0.5, 0.6) is 5.88 Å². The Morgan fingerprint density at radius 3 is 2.80 bits per heavy atom. The van der Waals surface area contributed by atoms with E-state index in [9.17, 15) is 19.5 Å². The number of aromatic amines is 1. The smallest absolute Gasteiger partial charge is 0.335 e. The fourth-order valence-electron chi connectivity index (χ4n) is 3.40. The van der Waals surface area contributed by atoms with Gasteiger partial charge in [0, 0.05) is 22.7 Å². The molecule has 4 rings (SSSR count). The highest BCUT2D eigenvalue weighted by molar-refractivity contribution is 7.10. The predicted molar refractivity (Wildman–Crippen MR) is 115 cm³/mol. The number of hydrogen-bond acceptors (Lipinski definition) is 6. The monoisotopic (exact) mass is 444 g/mol. The van der Waals surface area contributed by atoms with E-state index in [0.29, 0.717) is 5.02 Å². The Morgan fingerprint density at radius 1 is 1.33 bits per heavy atom. The van der Waals surface area contributed by atoms with Crippen molar-refractivity contribution in [2.45, 2.75) is 25.8 Å². The molecule has 0 fully saturated rings. The van der Waals surface area contributed by atoms with Gasteiger partial charge in [0.1, 0.15) is 5.56 Å². The van der Waals surface area contributed by atoms with Crippen LogP contribution in [0.2, 0.25) is 5.02 Å². The minimum absolute atomic E-state index is 0.150. The molecule has 0 saturated heterocycles. The van der Waals surface area contributed by atoms with E-state index in [1.54, 1.807) is 25.1 Å². The van der Waals surface area contributed by atoms with Crippen LogP contribution < -0.4 is 11.2 Å². The van der Waals surface area contributed by atoms with Gasteiger partial charge in [0.15, 0.2) is 0 Å². The molecule has 30 heavy (non-hydrogen) atoms. The van der Waals surface area contributed by atoms with E-state index in [1.165, 1.54) is 22.4 Å². The number of aromatic hydroxyl groups is 1. The summed E-state index contributed by atoms with van der Waals surface area (Å²) in [6, 6.07) is 9.70. The van der Waals surface area contributed by atoms with Crippen molar-refractivity contribution in [3.63, 3.8) is 0 Å². The number of hydrazone groups is 1. The molecule has 0 aliphatic carbocycles. The van der Waals surface area contributed by atoms with Crippen molar-refractivity contribution in [1.82, 2.24) is 14.6 Å². The maximum Gasteiger partial charge on any atom is 0.335 e. The van der Waals surface area contributed by atoms with Crippen LogP contribution in [-0.2, 0) is 4.79 Å². The highest BCUT2D eigenvalue weighted by Gasteiger charge is 2.35. The fourth-order valence-corrected chi connectivity index (χ4v) is 4.39. The topological polar surface area (TPSA) is 108 Å². The van der Waals surface area contributed by atoms with Crippen LogP contribution in [-0.4, -0.2) is 31.3 Å². The lowest BCUT2D eigenvalue weighted by atomic mass is 10.0. The van der Waals surface area contributed by atoms with Gasteiger partial charge in [-0.1, -0.05) is 30.7 Å². The molecule has 0 spiro atoms. The summed E-state index contributed by atoms with van der Waals surface area (Å²) in [5.74, 6) is -0.761. The molecule has 10 heteroatoms. The molecule has 1 atom stereocenters. The van der Waals surface area contributed by atoms with E-state index >= 15 is 0 Å². The van der Waals surface area contributed by atoms with E-state index in [2.05, 4.69) is 10.1 Å². The first-order chi connectivity index (χ1) is 14.4. The van der Waals surface area contributed by atoms with Crippen LogP contribution in [0.3, 0.4) is 0 Å². The third-order valence-electron chi connectivity index (χ3n) is 4.78. The number of H-pyrrole nitrogens is 1. The maximum absolute atomic E-state index is 12.6. The molecule has 2 N–H and O–H groups in total. The first-order valence-corrected chi connectivity index (χ1v) is 10.4. The largest absolute Gasteiger partial charge is 0.493 e. The zero-order chi connectivity index (χ0) is 21.4. The van der Waals surface area contributed by atoms with Crippen LogP contribution in [0.15, 0.2) is 56.5 Å². The summed E-state index contributed by atoms with van der Waals surface area (Å²) >= 11 is 7.48. The third-order valence-corrected chi connectivity index (χ3v) is 5.99. The molecule has 0 radical (unpaired) electrons. The summed E-state index contributed by atoms with van der Waals surface area (Å²) in [6.45, 7) is 1.73. The lowest BCUT2D eigenvalue weighted by molar-refractivity contribution is -0.132. The Morgan fingerprint density at radius 2 is 2.13 bits per heavy atom. The molecule has 1 aliphatic rings. The van der Waals surface area contributed by atoms with Gasteiger partial charge in [-0.3, -0.25) is 14.6 Å². The standard InChI is InChI=1S/C20H17ClN4O4S/c1-2-16(26)25-14(15-7-4-8-30-15)10-13(23-25)17-18(27)22-20(29)24(19(17)28)12-6-3-5-11(21)9-12/h3-9,14,28H,2,10H2,1H3,(H,22,27,29)/t14-/m0/s1. The van der Waals surface area contributed by atoms with Crippen LogP contribution in [0.1, 0.15) is 36.2 Å². The number of rotatable bonds is 4. The zero-order valence-corrected chi connectivity index (χ0v) is 17.4. The second-order valence-electron chi connectivity index (χ2n) is 6.65. The van der Waals surface area contributed by atoms with E-state index in [4.69, 9.17) is 11.6 Å². The van der Waals surface area contributed by atoms with Crippen LogP contribution in [0, 0.1) is 0 Å². The lowest BCUT2D eigenvalue weighted by Crippen LogP contribution is -2.33. The summed E-state index contributed by atoms with van der Waals surface area (Å²) < 4.78 is 0.954. The number of aromatic nitrogens is 2. The highest BCUT2D eigenvalue weighted by atomic mass is 35.5. The van der Waals surface area contributed by atoms with Crippen molar-refractivity contribution < 1.29 is 9.90 Å². The van der Waals surface area contributed by atoms with Gasteiger partial charge >= 0.3 is 5.69 Å². The molecule has 0 unspecified atom stereocenters. The molecule has 154 valence electrons. The molecular weight excluding hydrogens is 428 g/mol. The first kappa shape index (κ1) is 20.1. The number of carbonyl (C=O) groups is 1. The molecule has 0 bridgehead atoms. The molecule has 8 nitrogen and oxygen atoms in total. The molecule has 1 aromatic carbocycles. The summed E-state index contributed by atoms with van der Waals surface area (Å²) in [6.07, 6.45) is 0.472. The second kappa shape index (κ2) is 7.92. The molecule has 0 saturated carbocycles. The van der Waals surface area contributed by atoms with Gasteiger partial charge in [-0.05, 0) is 29.6 Å². The number of nitrogens with one attached hydrogen (secondary N) is 1. The number of benzene rings is 1. The normalized spacial score (nSPS) is 16.0. The minimum Gasteiger partial charge on any atom is -0.493 e. The Kier molecular flexibility index (Phi) is 5.31. The number of amides is 1. The third kappa shape index (κ3) is 3.46. The fraction of sp³-hybridized carbons (Fsp3) is 0.200. The summed E-state index contributed by atoms with van der Waals surface area (Å²) in [5, 5.41) is 18.8. The number of hydrogen-bond donors (Lipinski definition) is 2. The van der Waals surface area contributed by atoms with E-state index in [0.717, 1.165) is 9.44 Å². The van der Waals surface area contributed by atoms with Crippen LogP contribution in [0.4, 0.5) is 0 Å². The van der Waals surface area contributed by atoms with Gasteiger partial charge in [-0.2, -0.15) is 5.10 Å². The number of carbonyl (C=O) groups excluding carboxylic acids is 1. The Hall–Kier alpha value is -3.17. The molecule has 2 aromatic heterocycles. The van der Waals surface area contributed by atoms with E-state index in [-0.39, 0.29) is 41.8 Å². The molecular formula is C20H17ClN4O4S. The molecule has 1 amide bonds. The quantitative estimate of drug-likeness (QED) is 0.644. The van der Waals surface area contributed by atoms with Gasteiger partial charge in [0.05, 0.1) is 17.4 Å². The van der Waals surface area contributed by atoms with Crippen molar-refractivity contribution in [3.8, 4) is 11.6 Å². The Labute approximate surface area is 179 Å². The summed E-state index contributed by atoms with van der Waals surface area (Å²) in [7, 11) is 0. The van der Waals surface area contributed by atoms with Gasteiger partial charge in [0.25, 0.3) is 5.56 Å². The SMILES string of the molecule is CCC(=O)N1N=C(c2c(O)n(-c3cccc(Cl)c3)c(=O)[nH]c2=O)C[C@H]1c1cccs1. The lowest BCUT2D eigenvalue weighted by Gasteiger charge is -2.19. The van der Waals surface area contributed by atoms with Crippen molar-refractivity contribution in [2.24, 2.45) is 5.10 Å². The van der Waals surface area contributed by atoms with Gasteiger partial charge < -0.3 is 5.11 Å². The number of nitrogens with zero attached hydrogens (tertiary/aromatic N) is 3. The summed E-state index contributed by atoms with van der Waals surface area (Å²) in [4.78, 5) is 40.6. The summed E-state index contributed by atoms with van der Waals surface area (Å²) in [5.41, 5.74) is -1.21. The first-order valence-electron chi connectivity index (χ1n) is 9.18. The van der Waals surface area contributed by atoms with E-state index < -0.39 is 17.1 Å². The Balaban J connectivity index is 1.86. The van der Waals surface area contributed by atoms with Gasteiger partial charge in [0.2, 0.25) is 11.8 Å². The number of thiophene rings is 1. The minimum atomic E-state index is -0.807. The van der Waals surface area contributed by atoms with Gasteiger partial charge in [-0.15, -0.1) is 11.3 Å². The van der Waals surface area contributed by atoms with Crippen molar-refractivity contribution >= 4 is 34.6 Å². The highest BCUT2D eigenvalue weighted by Crippen LogP contribution is 2.36. The molecule has 3 heterocycles. The van der Waals surface area contributed by atoms with Crippen molar-refractivity contribution in [3.05, 3.63) is 78.1 Å².